The third-order valence-electron chi connectivity index (χ3n) is 2.99. The van der Waals surface area contributed by atoms with Crippen LogP contribution < -0.4 is 0 Å². The molecule has 0 aliphatic carbocycles. The number of hydrogen-bond donors (Lipinski definition) is 2. The zero-order valence-corrected chi connectivity index (χ0v) is 10.7. The molecule has 90 valence electrons. The van der Waals surface area contributed by atoms with Crippen LogP contribution in [0.5, 0.6) is 0 Å². The molecule has 0 heterocycles. The maximum Gasteiger partial charge on any atom is 0.126 e. The molecule has 0 aliphatic rings. The van der Waals surface area contributed by atoms with Crippen LogP contribution in [0.2, 0.25) is 0 Å². The first-order valence-corrected chi connectivity index (χ1v) is 5.94. The Kier molecular flexibility index (Phi) is 6.19. The van der Waals surface area contributed by atoms with Crippen LogP contribution in [0, 0.1) is 23.7 Å². The van der Waals surface area contributed by atoms with Gasteiger partial charge >= 0.3 is 0 Å². The van der Waals surface area contributed by atoms with Crippen molar-refractivity contribution < 1.29 is 10.2 Å². The second-order valence-electron chi connectivity index (χ2n) is 3.98. The summed E-state index contributed by atoms with van der Waals surface area (Å²) in [6.07, 6.45) is 2.35. The van der Waals surface area contributed by atoms with Gasteiger partial charge in [0.15, 0.2) is 0 Å². The molecule has 0 spiro atoms. The lowest BCUT2D eigenvalue weighted by molar-refractivity contribution is 0.0922. The highest BCUT2D eigenvalue weighted by Gasteiger charge is 2.19. The molecule has 0 unspecified atom stereocenters. The van der Waals surface area contributed by atoms with E-state index in [1.54, 1.807) is 0 Å². The fraction of sp³-hybridized carbons (Fsp3) is 0.714. The second kappa shape index (κ2) is 6.59. The highest BCUT2D eigenvalue weighted by Crippen LogP contribution is 2.13. The molecule has 0 aliphatic heterocycles. The zero-order valence-electron chi connectivity index (χ0n) is 10.7. The topological polar surface area (TPSA) is 40.5 Å². The number of aliphatic hydroxyl groups is 2. The molecule has 16 heavy (non-hydrogen) atoms. The summed E-state index contributed by atoms with van der Waals surface area (Å²) < 4.78 is 0. The average Bonchev–Trinajstić information content (AvgIpc) is 2.34. The summed E-state index contributed by atoms with van der Waals surface area (Å²) in [6, 6.07) is 0. The Bertz CT molecular complexity index is 280. The maximum absolute atomic E-state index is 9.87. The molecule has 0 saturated heterocycles. The van der Waals surface area contributed by atoms with E-state index in [4.69, 9.17) is 0 Å². The molecule has 2 heteroatoms. The zero-order chi connectivity index (χ0) is 12.7. The van der Waals surface area contributed by atoms with Crippen molar-refractivity contribution in [3.05, 3.63) is 0 Å². The van der Waals surface area contributed by atoms with Crippen LogP contribution in [0.15, 0.2) is 0 Å². The molecule has 0 atom stereocenters. The molecule has 2 N–H and O–H groups in total. The molecule has 0 aromatic carbocycles. The van der Waals surface area contributed by atoms with E-state index in [-0.39, 0.29) is 0 Å². The fourth-order valence-corrected chi connectivity index (χ4v) is 1.15. The van der Waals surface area contributed by atoms with Crippen LogP contribution in [0.25, 0.3) is 0 Å². The van der Waals surface area contributed by atoms with Gasteiger partial charge in [-0.05, 0) is 37.5 Å². The van der Waals surface area contributed by atoms with E-state index in [9.17, 15) is 10.2 Å². The Hall–Kier alpha value is -0.960. The van der Waals surface area contributed by atoms with Gasteiger partial charge in [-0.25, -0.2) is 0 Å². The minimum Gasteiger partial charge on any atom is -0.378 e. The summed E-state index contributed by atoms with van der Waals surface area (Å²) in [6.45, 7) is 7.56. The third-order valence-corrected chi connectivity index (χ3v) is 2.99. The van der Waals surface area contributed by atoms with Crippen LogP contribution in [-0.2, 0) is 0 Å². The molecule has 2 nitrogen and oxygen atoms in total. The molecule has 0 rings (SSSR count). The predicted octanol–water partition coefficient (Wildman–Crippen LogP) is 2.10. The lowest BCUT2D eigenvalue weighted by atomic mass is 9.97. The smallest absolute Gasteiger partial charge is 0.126 e. The highest BCUT2D eigenvalue weighted by molar-refractivity contribution is 5.32. The van der Waals surface area contributed by atoms with Gasteiger partial charge in [-0.15, -0.1) is 0 Å². The summed E-state index contributed by atoms with van der Waals surface area (Å²) in [4.78, 5) is 0. The van der Waals surface area contributed by atoms with Crippen molar-refractivity contribution in [3.63, 3.8) is 0 Å². The fourth-order valence-electron chi connectivity index (χ4n) is 1.15. The summed E-state index contributed by atoms with van der Waals surface area (Å²) in [7, 11) is 0. The first-order valence-electron chi connectivity index (χ1n) is 5.94. The van der Waals surface area contributed by atoms with E-state index in [1.807, 2.05) is 27.7 Å². The van der Waals surface area contributed by atoms with Crippen molar-refractivity contribution in [1.29, 1.82) is 0 Å². The molecule has 0 radical (unpaired) electrons. The van der Waals surface area contributed by atoms with Gasteiger partial charge in [0.05, 0.1) is 0 Å². The van der Waals surface area contributed by atoms with Crippen LogP contribution >= 0.6 is 0 Å². The summed E-state index contributed by atoms with van der Waals surface area (Å²) >= 11 is 0. The SMILES string of the molecule is CCC(O)(C#CC#CC(O)(CC)CC)CC. The first kappa shape index (κ1) is 15.0. The number of rotatable bonds is 4. The van der Waals surface area contributed by atoms with Crippen LogP contribution in [0.3, 0.4) is 0 Å². The van der Waals surface area contributed by atoms with Gasteiger partial charge in [0.2, 0.25) is 0 Å². The van der Waals surface area contributed by atoms with E-state index < -0.39 is 11.2 Å². The van der Waals surface area contributed by atoms with E-state index in [0.29, 0.717) is 25.7 Å². The van der Waals surface area contributed by atoms with Crippen molar-refractivity contribution in [2.24, 2.45) is 0 Å². The summed E-state index contributed by atoms with van der Waals surface area (Å²) in [5.74, 6) is 10.7. The minimum absolute atomic E-state index is 0.587. The molecular weight excluding hydrogens is 200 g/mol. The van der Waals surface area contributed by atoms with E-state index in [0.717, 1.165) is 0 Å². The maximum atomic E-state index is 9.87. The van der Waals surface area contributed by atoms with Crippen LogP contribution in [-0.4, -0.2) is 21.4 Å². The van der Waals surface area contributed by atoms with Crippen molar-refractivity contribution in [2.45, 2.75) is 64.6 Å². The predicted molar refractivity (Wildman–Crippen MR) is 66.6 cm³/mol. The largest absolute Gasteiger partial charge is 0.378 e. The van der Waals surface area contributed by atoms with Gasteiger partial charge in [-0.3, -0.25) is 0 Å². The molecular formula is C14H22O2. The van der Waals surface area contributed by atoms with Gasteiger partial charge in [-0.2, -0.15) is 0 Å². The summed E-state index contributed by atoms with van der Waals surface area (Å²) in [5.41, 5.74) is -1.88. The summed E-state index contributed by atoms with van der Waals surface area (Å²) in [5, 5.41) is 19.7. The van der Waals surface area contributed by atoms with Crippen molar-refractivity contribution in [1.82, 2.24) is 0 Å². The highest BCUT2D eigenvalue weighted by atomic mass is 16.3. The Morgan fingerprint density at radius 2 is 0.938 bits per heavy atom. The lowest BCUT2D eigenvalue weighted by Gasteiger charge is -2.17. The molecule has 0 amide bonds. The van der Waals surface area contributed by atoms with Crippen LogP contribution in [0.1, 0.15) is 53.4 Å². The minimum atomic E-state index is -0.939. The van der Waals surface area contributed by atoms with E-state index >= 15 is 0 Å². The first-order chi connectivity index (χ1) is 7.45. The van der Waals surface area contributed by atoms with Gasteiger partial charge in [0, 0.05) is 0 Å². The molecule has 0 aromatic rings. The number of hydrogen-bond acceptors (Lipinski definition) is 2. The Balaban J connectivity index is 4.68. The third kappa shape index (κ3) is 4.71. The van der Waals surface area contributed by atoms with Crippen molar-refractivity contribution in [2.75, 3.05) is 0 Å². The second-order valence-corrected chi connectivity index (χ2v) is 3.98. The van der Waals surface area contributed by atoms with Crippen LogP contribution in [0.4, 0.5) is 0 Å². The van der Waals surface area contributed by atoms with Gasteiger partial charge in [0.25, 0.3) is 0 Å². The molecule has 0 saturated carbocycles. The Labute approximate surface area is 99.1 Å². The van der Waals surface area contributed by atoms with Gasteiger partial charge in [0.1, 0.15) is 11.2 Å². The lowest BCUT2D eigenvalue weighted by Crippen LogP contribution is -2.24. The van der Waals surface area contributed by atoms with Gasteiger partial charge < -0.3 is 10.2 Å². The van der Waals surface area contributed by atoms with E-state index in [1.165, 1.54) is 0 Å². The standard InChI is InChI=1S/C14H22O2/c1-5-13(15,6-2)11-9-10-12-14(16,7-3)8-4/h15-16H,5-8H2,1-4H3. The Morgan fingerprint density at radius 1 is 0.688 bits per heavy atom. The quantitative estimate of drug-likeness (QED) is 0.715. The average molecular weight is 222 g/mol. The van der Waals surface area contributed by atoms with E-state index in [2.05, 4.69) is 23.7 Å². The van der Waals surface area contributed by atoms with Crippen molar-refractivity contribution >= 4 is 0 Å². The molecule has 0 aromatic heterocycles. The van der Waals surface area contributed by atoms with Gasteiger partial charge in [-0.1, -0.05) is 39.5 Å². The Morgan fingerprint density at radius 3 is 1.12 bits per heavy atom. The molecule has 0 fully saturated rings. The monoisotopic (exact) mass is 222 g/mol. The normalized spacial score (nSPS) is 11.1. The molecule has 0 bridgehead atoms. The van der Waals surface area contributed by atoms with Crippen molar-refractivity contribution in [3.8, 4) is 23.7 Å².